The molecular weight excluding hydrogens is 696 g/mol. The number of hydrogen-bond donors (Lipinski definition) is 1. The van der Waals surface area contributed by atoms with E-state index in [-0.39, 0.29) is 24.4 Å². The Kier molecular flexibility index (Phi) is 7.48. The summed E-state index contributed by atoms with van der Waals surface area (Å²) >= 11 is 7.82. The Bertz CT molecular complexity index is 2280. The van der Waals surface area contributed by atoms with Crippen LogP contribution in [0.3, 0.4) is 0 Å². The van der Waals surface area contributed by atoms with E-state index in [9.17, 15) is 29.1 Å². The summed E-state index contributed by atoms with van der Waals surface area (Å²) in [6, 6.07) is 12.1. The van der Waals surface area contributed by atoms with Crippen molar-refractivity contribution in [2.45, 2.75) is 32.6 Å². The Labute approximate surface area is 301 Å². The van der Waals surface area contributed by atoms with Gasteiger partial charge in [0.15, 0.2) is 0 Å². The zero-order valence-corrected chi connectivity index (χ0v) is 29.9. The predicted molar refractivity (Wildman–Crippen MR) is 187 cm³/mol. The number of phenolic OH excluding ortho intramolecular Hbond substituents is 1. The Hall–Kier alpha value is -5.01. The van der Waals surface area contributed by atoms with Crippen molar-refractivity contribution in [1.82, 2.24) is 14.7 Å². The minimum atomic E-state index is -1.42. The van der Waals surface area contributed by atoms with Crippen LogP contribution in [0.25, 0.3) is 20.7 Å². The van der Waals surface area contributed by atoms with E-state index in [2.05, 4.69) is 0 Å². The van der Waals surface area contributed by atoms with Crippen molar-refractivity contribution in [2.24, 2.45) is 36.1 Å². The number of fused-ring (bicyclic) bond motifs is 5. The van der Waals surface area contributed by atoms with Gasteiger partial charge in [-0.3, -0.25) is 23.9 Å². The van der Waals surface area contributed by atoms with E-state index < -0.39 is 64.7 Å². The van der Waals surface area contributed by atoms with Crippen molar-refractivity contribution in [3.8, 4) is 22.1 Å². The molecule has 2 aliphatic carbocycles. The molecule has 6 unspecified atom stereocenters. The first-order valence-electron chi connectivity index (χ1n) is 16.5. The lowest BCUT2D eigenvalue weighted by Gasteiger charge is -2.49. The molecule has 4 aliphatic rings. The number of carbonyl (C=O) groups excluding carboxylic acids is 5. The van der Waals surface area contributed by atoms with Gasteiger partial charge in [0.25, 0.3) is 0 Å². The van der Waals surface area contributed by atoms with Gasteiger partial charge < -0.3 is 14.6 Å². The smallest absolute Gasteiger partial charge is 0.423 e. The zero-order chi connectivity index (χ0) is 36.3. The first-order valence-corrected chi connectivity index (χ1v) is 17.6. The number of phenols is 1. The second kappa shape index (κ2) is 11.5. The lowest BCUT2D eigenvalue weighted by Crippen LogP contribution is -2.49. The fourth-order valence-corrected chi connectivity index (χ4v) is 10.3. The predicted octanol–water partition coefficient (Wildman–Crippen LogP) is 5.97. The van der Waals surface area contributed by atoms with Crippen LogP contribution in [0, 0.1) is 36.0 Å². The number of aromatic nitrogens is 2. The molecule has 5 amide bonds. The average Bonchev–Trinajstić information content (AvgIpc) is 3.78. The summed E-state index contributed by atoms with van der Waals surface area (Å²) in [6.45, 7) is 3.70. The van der Waals surface area contributed by atoms with Gasteiger partial charge in [-0.25, -0.2) is 9.69 Å². The molecule has 0 radical (unpaired) electrons. The van der Waals surface area contributed by atoms with Crippen LogP contribution in [0.2, 0.25) is 5.02 Å². The number of methoxy groups -OCH3 is 2. The Morgan fingerprint density at radius 3 is 2.53 bits per heavy atom. The molecule has 4 heterocycles. The second-order valence-corrected chi connectivity index (χ2v) is 15.3. The van der Waals surface area contributed by atoms with E-state index in [0.29, 0.717) is 32.5 Å². The molecule has 51 heavy (non-hydrogen) atoms. The third-order valence-electron chi connectivity index (χ3n) is 11.4. The van der Waals surface area contributed by atoms with Crippen molar-refractivity contribution in [3.05, 3.63) is 70.3 Å². The molecule has 4 aromatic rings. The number of rotatable bonds is 4. The molecule has 2 aromatic carbocycles. The molecule has 8 rings (SSSR count). The minimum Gasteiger partial charge on any atom is -0.508 e. The Morgan fingerprint density at radius 1 is 1.04 bits per heavy atom. The first kappa shape index (κ1) is 33.2. The number of thiophene rings is 1. The van der Waals surface area contributed by atoms with Gasteiger partial charge in [-0.05, 0) is 80.0 Å². The molecule has 2 saturated heterocycles. The molecule has 3 fully saturated rings. The normalized spacial score (nSPS) is 27.1. The van der Waals surface area contributed by atoms with Crippen LogP contribution in [0.5, 0.6) is 11.5 Å². The number of aryl methyl sites for hydroxylation is 2. The highest BCUT2D eigenvalue weighted by Crippen LogP contribution is 2.64. The number of carbonyl (C=O) groups is 5. The van der Waals surface area contributed by atoms with Gasteiger partial charge in [-0.15, -0.1) is 11.3 Å². The van der Waals surface area contributed by atoms with Crippen molar-refractivity contribution < 1.29 is 38.6 Å². The summed E-state index contributed by atoms with van der Waals surface area (Å²) in [5.74, 6) is -6.04. The van der Waals surface area contributed by atoms with Crippen LogP contribution in [-0.4, -0.2) is 63.7 Å². The molecule has 12 nitrogen and oxygen atoms in total. The number of benzene rings is 2. The molecule has 14 heteroatoms. The number of imide groups is 4. The first-order chi connectivity index (χ1) is 24.3. The number of likely N-dealkylation sites (tertiary alicyclic amines) is 1. The van der Waals surface area contributed by atoms with Crippen molar-refractivity contribution in [3.63, 3.8) is 0 Å². The van der Waals surface area contributed by atoms with Crippen LogP contribution in [0.4, 0.5) is 10.6 Å². The van der Waals surface area contributed by atoms with Gasteiger partial charge >= 0.3 is 6.09 Å². The molecule has 6 atom stereocenters. The number of halogens is 1. The third-order valence-corrected chi connectivity index (χ3v) is 12.9. The molecule has 0 spiro atoms. The second-order valence-electron chi connectivity index (χ2n) is 13.8. The SMILES string of the molecule is COC(=O)N1C(=O)C2CC=C3C(CC4C(=O)N(c5cc(-c6sc7ccc(Cl)cc7c6C)nn5C)C(=O)C4(C)C3c3cc(OC)ccc3O)C2C1=O. The number of nitrogens with zero attached hydrogens (tertiary/aromatic N) is 4. The van der Waals surface area contributed by atoms with E-state index in [0.717, 1.165) is 27.6 Å². The highest BCUT2D eigenvalue weighted by Gasteiger charge is 2.68. The monoisotopic (exact) mass is 728 g/mol. The Morgan fingerprint density at radius 2 is 1.80 bits per heavy atom. The highest BCUT2D eigenvalue weighted by atomic mass is 35.5. The summed E-state index contributed by atoms with van der Waals surface area (Å²) in [5.41, 5.74) is 1.14. The van der Waals surface area contributed by atoms with Gasteiger partial charge in [-0.1, -0.05) is 23.3 Å². The van der Waals surface area contributed by atoms with Crippen LogP contribution >= 0.6 is 22.9 Å². The highest BCUT2D eigenvalue weighted by molar-refractivity contribution is 7.22. The average molecular weight is 729 g/mol. The Balaban J connectivity index is 1.26. The molecule has 1 N–H and O–H groups in total. The molecule has 1 saturated carbocycles. The summed E-state index contributed by atoms with van der Waals surface area (Å²) in [4.78, 5) is 72.1. The number of anilines is 1. The van der Waals surface area contributed by atoms with Crippen molar-refractivity contribution in [1.29, 1.82) is 0 Å². The van der Waals surface area contributed by atoms with Gasteiger partial charge in [-0.2, -0.15) is 10.00 Å². The van der Waals surface area contributed by atoms with Crippen LogP contribution in [0.15, 0.2) is 54.1 Å². The number of aromatic hydroxyl groups is 1. The fourth-order valence-electron chi connectivity index (χ4n) is 8.96. The summed E-state index contributed by atoms with van der Waals surface area (Å²) in [6.07, 6.45) is 0.974. The number of hydrogen-bond acceptors (Lipinski definition) is 10. The molecule has 0 bridgehead atoms. The van der Waals surface area contributed by atoms with Gasteiger partial charge in [0.1, 0.15) is 23.0 Å². The van der Waals surface area contributed by atoms with Crippen LogP contribution in [-0.2, 0) is 31.0 Å². The van der Waals surface area contributed by atoms with E-state index in [1.165, 1.54) is 34.1 Å². The van der Waals surface area contributed by atoms with E-state index in [1.54, 1.807) is 32.2 Å². The number of ether oxygens (including phenoxy) is 2. The number of amides is 5. The summed E-state index contributed by atoms with van der Waals surface area (Å²) < 4.78 is 12.8. The van der Waals surface area contributed by atoms with Crippen molar-refractivity contribution >= 4 is 68.6 Å². The van der Waals surface area contributed by atoms with E-state index >= 15 is 0 Å². The molecule has 262 valence electrons. The maximum atomic E-state index is 15.0. The topological polar surface area (TPSA) is 148 Å². The van der Waals surface area contributed by atoms with Crippen LogP contribution < -0.4 is 9.64 Å². The van der Waals surface area contributed by atoms with E-state index in [4.69, 9.17) is 26.2 Å². The lowest BCUT2D eigenvalue weighted by atomic mass is 9.51. The maximum Gasteiger partial charge on any atom is 0.423 e. The standard InChI is InChI=1S/C37H33ClN4O8S/c1-16-21-12-17(38)6-11-27(21)51-31(16)25-15-28(40(3)39-25)41-33(45)24-14-22-19(8-9-20-29(22)34(46)42(32(20)44)36(48)50-5)30(37(24,2)35(41)47)23-13-18(49-4)7-10-26(23)43/h6-8,10-13,15,20,22,24,29-30,43H,9,14H2,1-5H3. The quantitative estimate of drug-likeness (QED) is 0.198. The third kappa shape index (κ3) is 4.50. The van der Waals surface area contributed by atoms with Gasteiger partial charge in [0.2, 0.25) is 23.6 Å². The molecule has 2 aliphatic heterocycles. The van der Waals surface area contributed by atoms with Gasteiger partial charge in [0, 0.05) is 34.3 Å². The maximum absolute atomic E-state index is 15.0. The molecule has 2 aromatic heterocycles. The van der Waals surface area contributed by atoms with E-state index in [1.807, 2.05) is 31.2 Å². The number of allylic oxidation sites excluding steroid dienone is 2. The lowest BCUT2D eigenvalue weighted by molar-refractivity contribution is -0.138. The van der Waals surface area contributed by atoms with Gasteiger partial charge in [0.05, 0.1) is 42.3 Å². The largest absolute Gasteiger partial charge is 0.508 e. The summed E-state index contributed by atoms with van der Waals surface area (Å²) in [7, 11) is 4.25. The minimum absolute atomic E-state index is 0.0702. The fraction of sp³-hybridized carbons (Fsp3) is 0.351. The zero-order valence-electron chi connectivity index (χ0n) is 28.3. The van der Waals surface area contributed by atoms with Crippen molar-refractivity contribution in [2.75, 3.05) is 19.1 Å². The molecular formula is C37H33ClN4O8S. The van der Waals surface area contributed by atoms with Crippen LogP contribution in [0.1, 0.15) is 36.8 Å². The summed E-state index contributed by atoms with van der Waals surface area (Å²) in [5, 5.41) is 17.7.